The Bertz CT molecular complexity index is 2700. The predicted molar refractivity (Wildman–Crippen MR) is 299 cm³/mol. The number of carboxylic acids is 1. The van der Waals surface area contributed by atoms with E-state index in [4.69, 9.17) is 28.0 Å². The molecule has 8 amide bonds. The van der Waals surface area contributed by atoms with E-state index in [1.54, 1.807) is 44.3 Å². The number of carboxylic acid groups (broad SMARTS) is 1. The molecule has 26 heteroatoms. The molecule has 412 valence electrons. The number of thiol groups is 2. The summed E-state index contributed by atoms with van der Waals surface area (Å²) in [6, 6.07) is 7.49. The first-order valence-corrected chi connectivity index (χ1v) is 26.6. The van der Waals surface area contributed by atoms with Crippen LogP contribution in [-0.2, 0) is 62.4 Å². The minimum absolute atomic E-state index is 0.0219. The molecule has 1 heterocycles. The Kier molecular flexibility index (Phi) is 24.6. The van der Waals surface area contributed by atoms with Crippen LogP contribution in [-0.4, -0.2) is 135 Å². The molecule has 76 heavy (non-hydrogen) atoms. The van der Waals surface area contributed by atoms with E-state index >= 15 is 0 Å². The van der Waals surface area contributed by atoms with E-state index in [-0.39, 0.29) is 49.5 Å². The zero-order valence-electron chi connectivity index (χ0n) is 41.8. The van der Waals surface area contributed by atoms with Gasteiger partial charge in [0.2, 0.25) is 47.3 Å². The molecule has 23 nitrogen and oxygen atoms in total. The second-order valence-corrected chi connectivity index (χ2v) is 20.2. The lowest BCUT2D eigenvalue weighted by atomic mass is 10.00. The van der Waals surface area contributed by atoms with Crippen molar-refractivity contribution in [3.63, 3.8) is 0 Å². The number of aromatic hydroxyl groups is 1. The molecule has 4 rings (SSSR count). The van der Waals surface area contributed by atoms with Gasteiger partial charge in [0.1, 0.15) is 48.0 Å². The fraction of sp³-hybridized carbons (Fsp3) is 0.420. The highest BCUT2D eigenvalue weighted by Crippen LogP contribution is 2.21. The third-order valence-corrected chi connectivity index (χ3v) is 13.8. The monoisotopic (exact) mass is 1200 g/mol. The maximum absolute atomic E-state index is 14.7. The van der Waals surface area contributed by atoms with Gasteiger partial charge in [-0.15, -0.1) is 0 Å². The number of halogens is 1. The summed E-state index contributed by atoms with van der Waals surface area (Å²) in [6.07, 6.45) is 1.48. The average molecular weight is 1200 g/mol. The van der Waals surface area contributed by atoms with Crippen molar-refractivity contribution in [2.45, 2.75) is 107 Å². The van der Waals surface area contributed by atoms with Gasteiger partial charge in [-0.3, -0.25) is 43.2 Å². The number of aliphatic carboxylic acids is 1. The van der Waals surface area contributed by atoms with E-state index in [0.29, 0.717) is 29.7 Å². The number of amides is 8. The summed E-state index contributed by atoms with van der Waals surface area (Å²) < 4.78 is 0.769. The van der Waals surface area contributed by atoms with E-state index in [2.05, 4.69) is 90.0 Å². The third-order valence-electron chi connectivity index (χ3n) is 12.1. The van der Waals surface area contributed by atoms with Crippen LogP contribution in [0.4, 0.5) is 5.69 Å². The van der Waals surface area contributed by atoms with Gasteiger partial charge in [-0.05, 0) is 108 Å². The molecule has 0 fully saturated rings. The summed E-state index contributed by atoms with van der Waals surface area (Å²) in [5, 5.41) is 38.1. The number of para-hydroxylation sites is 1. The van der Waals surface area contributed by atoms with Gasteiger partial charge in [0, 0.05) is 50.7 Å². The van der Waals surface area contributed by atoms with Crippen molar-refractivity contribution in [1.29, 1.82) is 0 Å². The van der Waals surface area contributed by atoms with Crippen LogP contribution in [0.25, 0.3) is 10.9 Å². The number of nitrogen functional groups attached to an aromatic ring is 1. The summed E-state index contributed by atoms with van der Waals surface area (Å²) in [6.45, 7) is 3.48. The van der Waals surface area contributed by atoms with Gasteiger partial charge in [-0.25, -0.2) is 0 Å². The molecule has 4 aromatic rings. The molecule has 0 spiro atoms. The Labute approximate surface area is 463 Å². The van der Waals surface area contributed by atoms with Gasteiger partial charge in [-0.2, -0.15) is 25.3 Å². The number of rotatable bonds is 30. The van der Waals surface area contributed by atoms with Crippen molar-refractivity contribution in [1.82, 2.24) is 42.2 Å². The molecular weight excluding hydrogens is 1140 g/mol. The number of hydrogen-bond donors (Lipinski definition) is 16. The second kappa shape index (κ2) is 30.2. The number of carbonyl (C=O) groups excluding carboxylic acids is 8. The van der Waals surface area contributed by atoms with Crippen molar-refractivity contribution in [3.05, 3.63) is 93.2 Å². The van der Waals surface area contributed by atoms with Crippen molar-refractivity contribution in [2.75, 3.05) is 23.8 Å². The normalized spacial score (nSPS) is 14.4. The van der Waals surface area contributed by atoms with E-state index in [1.807, 2.05) is 18.2 Å². The number of carbonyl (C=O) groups is 9. The lowest BCUT2D eigenvalue weighted by Gasteiger charge is -2.29. The molecule has 18 N–H and O–H groups in total. The summed E-state index contributed by atoms with van der Waals surface area (Å²) in [7, 11) is 0. The lowest BCUT2D eigenvalue weighted by Crippen LogP contribution is -2.61. The first kappa shape index (κ1) is 61.9. The van der Waals surface area contributed by atoms with Crippen LogP contribution in [0.5, 0.6) is 5.75 Å². The first-order chi connectivity index (χ1) is 36.0. The average Bonchev–Trinajstić information content (AvgIpc) is 3.78. The Morgan fingerprint density at radius 2 is 1.17 bits per heavy atom. The van der Waals surface area contributed by atoms with Crippen molar-refractivity contribution in [3.8, 4) is 5.75 Å². The number of aromatic nitrogens is 1. The number of aromatic amines is 1. The number of phenolic OH excluding ortho intramolecular Hbond substituents is 1. The number of hydrogen-bond acceptors (Lipinski definition) is 15. The van der Waals surface area contributed by atoms with Crippen LogP contribution < -0.4 is 60.2 Å². The van der Waals surface area contributed by atoms with Crippen LogP contribution in [0, 0.1) is 9.49 Å². The highest BCUT2D eigenvalue weighted by molar-refractivity contribution is 14.1. The fourth-order valence-corrected chi connectivity index (χ4v) is 8.91. The number of fused-ring (bicyclic) bond motifs is 1. The number of unbranched alkanes of at least 4 members (excludes halogenated alkanes) is 1. The fourth-order valence-electron chi connectivity index (χ4n) is 7.82. The number of benzene rings is 3. The predicted octanol–water partition coefficient (Wildman–Crippen LogP) is -0.586. The largest absolute Gasteiger partial charge is 0.508 e. The Morgan fingerprint density at radius 1 is 0.645 bits per heavy atom. The zero-order valence-corrected chi connectivity index (χ0v) is 45.8. The Morgan fingerprint density at radius 3 is 1.74 bits per heavy atom. The molecule has 1 aromatic heterocycles. The van der Waals surface area contributed by atoms with Crippen molar-refractivity contribution >= 4 is 118 Å². The summed E-state index contributed by atoms with van der Waals surface area (Å²) in [5.74, 6) is -9.46. The maximum Gasteiger partial charge on any atom is 0.305 e. The highest BCUT2D eigenvalue weighted by Gasteiger charge is 2.35. The summed E-state index contributed by atoms with van der Waals surface area (Å²) in [5.41, 5.74) is 26.4. The Hall–Kier alpha value is -6.62. The van der Waals surface area contributed by atoms with Gasteiger partial charge >= 0.3 is 5.97 Å². The number of phenols is 1. The quantitative estimate of drug-likeness (QED) is 0.0134. The molecule has 0 unspecified atom stereocenters. The minimum atomic E-state index is -1.59. The van der Waals surface area contributed by atoms with Gasteiger partial charge in [-0.1, -0.05) is 50.2 Å². The van der Waals surface area contributed by atoms with Gasteiger partial charge in [0.15, 0.2) is 0 Å². The first-order valence-electron chi connectivity index (χ1n) is 24.2. The summed E-state index contributed by atoms with van der Waals surface area (Å²) >= 11 is 10.5. The second-order valence-electron chi connectivity index (χ2n) is 18.3. The van der Waals surface area contributed by atoms with Gasteiger partial charge in [0.05, 0.1) is 12.5 Å². The van der Waals surface area contributed by atoms with Crippen LogP contribution in [0.2, 0.25) is 0 Å². The molecule has 8 atom stereocenters. The van der Waals surface area contributed by atoms with Crippen LogP contribution in [0.3, 0.4) is 0 Å². The lowest BCUT2D eigenvalue weighted by molar-refractivity contribution is -0.140. The van der Waals surface area contributed by atoms with Crippen LogP contribution in [0.1, 0.15) is 56.2 Å². The summed E-state index contributed by atoms with van der Waals surface area (Å²) in [4.78, 5) is 124. The number of anilines is 1. The van der Waals surface area contributed by atoms with Gasteiger partial charge < -0.3 is 75.3 Å². The molecule has 3 aromatic carbocycles. The van der Waals surface area contributed by atoms with Crippen molar-refractivity contribution < 1.29 is 53.4 Å². The molecule has 0 aliphatic rings. The molecular formula is C50H67IN12O11S2. The topological polar surface area (TPSA) is 398 Å². The smallest absolute Gasteiger partial charge is 0.305 e. The molecule has 0 saturated heterocycles. The van der Waals surface area contributed by atoms with E-state index < -0.39 is 114 Å². The number of primary amides is 1. The molecule has 0 aliphatic heterocycles. The number of H-pyrrole nitrogens is 1. The zero-order chi connectivity index (χ0) is 56.2. The van der Waals surface area contributed by atoms with Crippen LogP contribution in [0.15, 0.2) is 72.9 Å². The van der Waals surface area contributed by atoms with E-state index in [0.717, 1.165) is 20.0 Å². The SMILES string of the molecule is CC(C)[C@H](NC(=O)[C@H](CCCCN)NC(=O)[C@@H](Cc1c[nH]c2ccccc12)NC(=O)[C@H](Cc1ccc(O)cc1)NC(=O)[C@H](CS)NC(=O)[C@H](N)Cc1ccc(N)c(I)c1)C(=O)N[C@@H](CS)C(=O)N[C@@H](CC(=O)O)C(N)=O. The minimum Gasteiger partial charge on any atom is -0.508 e. The standard InChI is InChI=1S/C50H67IN12O11S2/c1-25(2)42(50(74)62-40(24-76)48(72)58-36(43(55)67)21-41(65)66)63-45(69)35(9-5-6-16-52)57-47(71)38(20-28-22-56-34-8-4-3-7-30(28)34)60-46(70)37(19-26-10-13-29(64)14-11-26)59-49(73)39(23-75)61-44(68)33(54)18-27-12-15-32(53)31(51)17-27/h3-4,7-8,10-15,17,22,25,33,35-40,42,56,64,75-76H,5-6,9,16,18-21,23-24,52-54H2,1-2H3,(H2,55,67)(H,57,71)(H,58,72)(H,59,73)(H,60,70)(H,61,68)(H,62,74)(H,63,69)(H,65,66)/t33-,35+,36+,37+,38-,39+,40+,42+/m1/s1. The highest BCUT2D eigenvalue weighted by atomic mass is 127. The van der Waals surface area contributed by atoms with E-state index in [9.17, 15) is 48.3 Å². The maximum atomic E-state index is 14.7. The Balaban J connectivity index is 1.62. The van der Waals surface area contributed by atoms with Crippen molar-refractivity contribution in [2.24, 2.45) is 23.1 Å². The van der Waals surface area contributed by atoms with Crippen LogP contribution >= 0.6 is 47.8 Å². The third kappa shape index (κ3) is 18.9. The molecule has 0 saturated carbocycles. The molecule has 0 radical (unpaired) electrons. The van der Waals surface area contributed by atoms with E-state index in [1.165, 1.54) is 24.3 Å². The van der Waals surface area contributed by atoms with Gasteiger partial charge in [0.25, 0.3) is 0 Å². The molecule has 0 bridgehead atoms. The molecule has 0 aliphatic carbocycles. The number of nitrogens with two attached hydrogens (primary N) is 4. The number of nitrogens with one attached hydrogen (secondary N) is 8.